The Morgan fingerprint density at radius 3 is 2.16 bits per heavy atom. The minimum Gasteiger partial charge on any atom is -0.336 e. The molecule has 0 bridgehead atoms. The highest BCUT2D eigenvalue weighted by atomic mass is 32.2. The highest BCUT2D eigenvalue weighted by Gasteiger charge is 2.32. The molecule has 2 aromatic carbocycles. The first-order chi connectivity index (χ1) is 14.8. The fourth-order valence-electron chi connectivity index (χ4n) is 3.82. The lowest BCUT2D eigenvalue weighted by atomic mass is 10.1. The van der Waals surface area contributed by atoms with Gasteiger partial charge in [-0.2, -0.15) is 9.40 Å². The number of carbonyl (C=O) groups is 1. The van der Waals surface area contributed by atoms with E-state index < -0.39 is 15.8 Å². The third-order valence-electron chi connectivity index (χ3n) is 5.48. The van der Waals surface area contributed by atoms with Crippen molar-refractivity contribution in [2.24, 2.45) is 0 Å². The molecule has 3 aromatic rings. The number of aromatic nitrogens is 2. The van der Waals surface area contributed by atoms with Gasteiger partial charge in [0.1, 0.15) is 5.82 Å². The number of amides is 1. The first-order valence-electron chi connectivity index (χ1n) is 9.95. The van der Waals surface area contributed by atoms with Gasteiger partial charge in [0.05, 0.1) is 27.5 Å². The van der Waals surface area contributed by atoms with Crippen LogP contribution in [0, 0.1) is 19.7 Å². The van der Waals surface area contributed by atoms with Crippen molar-refractivity contribution in [3.8, 4) is 5.69 Å². The van der Waals surface area contributed by atoms with Crippen LogP contribution in [-0.4, -0.2) is 59.5 Å². The Morgan fingerprint density at radius 2 is 1.55 bits per heavy atom. The molecule has 1 aliphatic rings. The molecule has 1 amide bonds. The van der Waals surface area contributed by atoms with Crippen molar-refractivity contribution in [2.45, 2.75) is 18.7 Å². The molecular formula is C22H23FN4O3S. The zero-order valence-electron chi connectivity index (χ0n) is 17.3. The van der Waals surface area contributed by atoms with Gasteiger partial charge in [-0.3, -0.25) is 4.79 Å². The highest BCUT2D eigenvalue weighted by molar-refractivity contribution is 7.89. The van der Waals surface area contributed by atoms with Crippen LogP contribution in [0.15, 0.2) is 59.5 Å². The molecule has 2 heterocycles. The molecule has 162 valence electrons. The standard InChI is InChI=1S/C22H23FN4O3S/c1-16-21(17(2)27(24-16)19-6-4-3-5-7-19)22(28)25-12-14-26(15-13-25)31(29,30)20-10-8-18(23)9-11-20/h3-11H,12-15H2,1-2H3. The van der Waals surface area contributed by atoms with Crippen molar-refractivity contribution in [3.05, 3.63) is 77.4 Å². The predicted molar refractivity (Wildman–Crippen MR) is 114 cm³/mol. The first-order valence-corrected chi connectivity index (χ1v) is 11.4. The Hall–Kier alpha value is -3.04. The molecule has 0 saturated carbocycles. The SMILES string of the molecule is Cc1nn(-c2ccccc2)c(C)c1C(=O)N1CCN(S(=O)(=O)c2ccc(F)cc2)CC1. The third kappa shape index (κ3) is 3.98. The lowest BCUT2D eigenvalue weighted by Crippen LogP contribution is -2.50. The van der Waals surface area contributed by atoms with E-state index in [1.807, 2.05) is 37.3 Å². The predicted octanol–water partition coefficient (Wildman–Crippen LogP) is 2.77. The molecule has 0 atom stereocenters. The van der Waals surface area contributed by atoms with E-state index in [0.29, 0.717) is 11.3 Å². The fraction of sp³-hybridized carbons (Fsp3) is 0.273. The third-order valence-corrected chi connectivity index (χ3v) is 7.40. The van der Waals surface area contributed by atoms with Gasteiger partial charge < -0.3 is 4.90 Å². The highest BCUT2D eigenvalue weighted by Crippen LogP contribution is 2.22. The summed E-state index contributed by atoms with van der Waals surface area (Å²) >= 11 is 0. The topological polar surface area (TPSA) is 75.5 Å². The van der Waals surface area contributed by atoms with Gasteiger partial charge in [0.25, 0.3) is 5.91 Å². The number of hydrogen-bond acceptors (Lipinski definition) is 4. The number of halogens is 1. The second-order valence-corrected chi connectivity index (χ2v) is 9.38. The summed E-state index contributed by atoms with van der Waals surface area (Å²) in [7, 11) is -3.73. The van der Waals surface area contributed by atoms with E-state index in [1.54, 1.807) is 16.5 Å². The van der Waals surface area contributed by atoms with Crippen molar-refractivity contribution in [3.63, 3.8) is 0 Å². The van der Waals surface area contributed by atoms with E-state index >= 15 is 0 Å². The maximum Gasteiger partial charge on any atom is 0.257 e. The number of nitrogens with zero attached hydrogens (tertiary/aromatic N) is 4. The molecule has 9 heteroatoms. The second kappa shape index (κ2) is 8.24. The molecule has 0 N–H and O–H groups in total. The number of rotatable bonds is 4. The van der Waals surface area contributed by atoms with Crippen LogP contribution in [0.5, 0.6) is 0 Å². The average molecular weight is 443 g/mol. The zero-order valence-corrected chi connectivity index (χ0v) is 18.1. The lowest BCUT2D eigenvalue weighted by molar-refractivity contribution is 0.0696. The van der Waals surface area contributed by atoms with Gasteiger partial charge in [0, 0.05) is 26.2 Å². The molecule has 7 nitrogen and oxygen atoms in total. The van der Waals surface area contributed by atoms with Gasteiger partial charge in [-0.15, -0.1) is 0 Å². The average Bonchev–Trinajstić information content (AvgIpc) is 3.08. The molecule has 1 saturated heterocycles. The molecule has 31 heavy (non-hydrogen) atoms. The van der Waals surface area contributed by atoms with Crippen LogP contribution in [0.25, 0.3) is 5.69 Å². The van der Waals surface area contributed by atoms with Crippen LogP contribution in [0.3, 0.4) is 0 Å². The minimum atomic E-state index is -3.73. The number of carbonyl (C=O) groups excluding carboxylic acids is 1. The Labute approximate surface area is 180 Å². The molecule has 4 rings (SSSR count). The minimum absolute atomic E-state index is 0.0458. The summed E-state index contributed by atoms with van der Waals surface area (Å²) in [5.41, 5.74) is 2.79. The van der Waals surface area contributed by atoms with Gasteiger partial charge >= 0.3 is 0 Å². The largest absolute Gasteiger partial charge is 0.336 e. The van der Waals surface area contributed by atoms with E-state index in [2.05, 4.69) is 5.10 Å². The van der Waals surface area contributed by atoms with Crippen LogP contribution >= 0.6 is 0 Å². The Kier molecular flexibility index (Phi) is 5.63. The number of piperazine rings is 1. The summed E-state index contributed by atoms with van der Waals surface area (Å²) in [4.78, 5) is 14.9. The van der Waals surface area contributed by atoms with Crippen molar-refractivity contribution in [2.75, 3.05) is 26.2 Å². The molecule has 1 fully saturated rings. The fourth-order valence-corrected chi connectivity index (χ4v) is 5.24. The van der Waals surface area contributed by atoms with Crippen LogP contribution < -0.4 is 0 Å². The molecule has 0 spiro atoms. The summed E-state index contributed by atoms with van der Waals surface area (Å²) < 4.78 is 41.8. The Balaban J connectivity index is 1.50. The van der Waals surface area contributed by atoms with E-state index in [9.17, 15) is 17.6 Å². The monoisotopic (exact) mass is 442 g/mol. The number of benzene rings is 2. The summed E-state index contributed by atoms with van der Waals surface area (Å²) in [6, 6.07) is 14.4. The summed E-state index contributed by atoms with van der Waals surface area (Å²) in [5.74, 6) is -0.646. The van der Waals surface area contributed by atoms with Crippen LogP contribution in [0.4, 0.5) is 4.39 Å². The van der Waals surface area contributed by atoms with Gasteiger partial charge in [-0.05, 0) is 50.2 Å². The van der Waals surface area contributed by atoms with Gasteiger partial charge in [-0.1, -0.05) is 18.2 Å². The summed E-state index contributed by atoms with van der Waals surface area (Å²) in [5, 5.41) is 4.53. The van der Waals surface area contributed by atoms with Gasteiger partial charge in [0.15, 0.2) is 0 Å². The smallest absolute Gasteiger partial charge is 0.257 e. The Bertz CT molecular complexity index is 1200. The molecule has 0 radical (unpaired) electrons. The van der Waals surface area contributed by atoms with Crippen LogP contribution in [0.1, 0.15) is 21.7 Å². The maximum absolute atomic E-state index is 13.2. The van der Waals surface area contributed by atoms with E-state index in [1.165, 1.54) is 16.4 Å². The zero-order chi connectivity index (χ0) is 22.2. The number of aryl methyl sites for hydroxylation is 1. The quantitative estimate of drug-likeness (QED) is 0.623. The summed E-state index contributed by atoms with van der Waals surface area (Å²) in [6.07, 6.45) is 0. The Morgan fingerprint density at radius 1 is 0.935 bits per heavy atom. The molecule has 1 aromatic heterocycles. The lowest BCUT2D eigenvalue weighted by Gasteiger charge is -2.34. The normalized spacial score (nSPS) is 15.3. The van der Waals surface area contributed by atoms with Gasteiger partial charge in [0.2, 0.25) is 10.0 Å². The van der Waals surface area contributed by atoms with Crippen molar-refractivity contribution in [1.29, 1.82) is 0 Å². The van der Waals surface area contributed by atoms with E-state index in [0.717, 1.165) is 23.5 Å². The number of para-hydroxylation sites is 1. The maximum atomic E-state index is 13.2. The van der Waals surface area contributed by atoms with Crippen molar-refractivity contribution < 1.29 is 17.6 Å². The molecular weight excluding hydrogens is 419 g/mol. The first kappa shape index (κ1) is 21.2. The number of sulfonamides is 1. The van der Waals surface area contributed by atoms with E-state index in [-0.39, 0.29) is 37.0 Å². The molecule has 0 unspecified atom stereocenters. The molecule has 1 aliphatic heterocycles. The number of hydrogen-bond donors (Lipinski definition) is 0. The van der Waals surface area contributed by atoms with Crippen molar-refractivity contribution >= 4 is 15.9 Å². The van der Waals surface area contributed by atoms with E-state index in [4.69, 9.17) is 0 Å². The second-order valence-electron chi connectivity index (χ2n) is 7.44. The van der Waals surface area contributed by atoms with Crippen LogP contribution in [0.2, 0.25) is 0 Å². The molecule has 0 aliphatic carbocycles. The van der Waals surface area contributed by atoms with Crippen molar-refractivity contribution in [1.82, 2.24) is 19.0 Å². The van der Waals surface area contributed by atoms with Gasteiger partial charge in [-0.25, -0.2) is 17.5 Å². The van der Waals surface area contributed by atoms with Crippen LogP contribution in [-0.2, 0) is 10.0 Å². The summed E-state index contributed by atoms with van der Waals surface area (Å²) in [6.45, 7) is 4.56.